The van der Waals surface area contributed by atoms with Gasteiger partial charge in [0.25, 0.3) is 0 Å². The summed E-state index contributed by atoms with van der Waals surface area (Å²) in [7, 11) is 0. The molecule has 1 saturated heterocycles. The second kappa shape index (κ2) is 5.57. The maximum absolute atomic E-state index is 11.9. The van der Waals surface area contributed by atoms with E-state index >= 15 is 0 Å². The van der Waals surface area contributed by atoms with Gasteiger partial charge in [0.05, 0.1) is 11.5 Å². The van der Waals surface area contributed by atoms with Crippen molar-refractivity contribution in [3.05, 3.63) is 35.4 Å². The Hall–Kier alpha value is -1.35. The van der Waals surface area contributed by atoms with Crippen molar-refractivity contribution >= 4 is 5.97 Å². The van der Waals surface area contributed by atoms with Gasteiger partial charge in [-0.05, 0) is 56.1 Å². The van der Waals surface area contributed by atoms with Crippen LogP contribution in [0, 0.1) is 0 Å². The summed E-state index contributed by atoms with van der Waals surface area (Å²) in [5, 5.41) is 9.77. The van der Waals surface area contributed by atoms with Crippen molar-refractivity contribution in [1.82, 2.24) is 0 Å². The minimum atomic E-state index is -0.658. The molecule has 0 saturated carbocycles. The van der Waals surface area contributed by atoms with E-state index in [-0.39, 0.29) is 0 Å². The maximum atomic E-state index is 11.9. The van der Waals surface area contributed by atoms with E-state index in [2.05, 4.69) is 6.07 Å². The number of rotatable bonds is 5. The zero-order valence-corrected chi connectivity index (χ0v) is 11.8. The fourth-order valence-corrected chi connectivity index (χ4v) is 3.78. The van der Waals surface area contributed by atoms with Gasteiger partial charge in [0.15, 0.2) is 0 Å². The van der Waals surface area contributed by atoms with Crippen LogP contribution in [-0.2, 0) is 21.4 Å². The van der Waals surface area contributed by atoms with Crippen molar-refractivity contribution in [3.8, 4) is 0 Å². The second-order valence-electron chi connectivity index (χ2n) is 6.07. The number of ether oxygens (including phenoxy) is 1. The highest BCUT2D eigenvalue weighted by Gasteiger charge is 2.44. The van der Waals surface area contributed by atoms with Crippen molar-refractivity contribution < 1.29 is 14.6 Å². The lowest BCUT2D eigenvalue weighted by molar-refractivity contribution is -0.144. The van der Waals surface area contributed by atoms with E-state index in [0.29, 0.717) is 6.10 Å². The van der Waals surface area contributed by atoms with Crippen molar-refractivity contribution in [2.75, 3.05) is 6.61 Å². The first-order valence-corrected chi connectivity index (χ1v) is 7.66. The molecule has 2 unspecified atom stereocenters. The molecule has 1 aliphatic carbocycles. The molecule has 1 aliphatic heterocycles. The molecule has 1 heterocycles. The quantitative estimate of drug-likeness (QED) is 0.896. The number of carbonyl (C=O) groups is 1. The topological polar surface area (TPSA) is 46.5 Å². The summed E-state index contributed by atoms with van der Waals surface area (Å²) in [5.74, 6) is -0.658. The molecule has 0 radical (unpaired) electrons. The van der Waals surface area contributed by atoms with Gasteiger partial charge >= 0.3 is 5.97 Å². The molecule has 0 amide bonds. The third-order valence-electron chi connectivity index (χ3n) is 4.92. The average molecular weight is 274 g/mol. The van der Waals surface area contributed by atoms with Gasteiger partial charge in [-0.2, -0.15) is 0 Å². The van der Waals surface area contributed by atoms with Crippen LogP contribution in [0.4, 0.5) is 0 Å². The molecule has 0 aromatic heterocycles. The van der Waals surface area contributed by atoms with E-state index in [1.807, 2.05) is 18.2 Å². The molecule has 3 rings (SSSR count). The Kier molecular flexibility index (Phi) is 3.79. The Morgan fingerprint density at radius 2 is 2.25 bits per heavy atom. The highest BCUT2D eigenvalue weighted by molar-refractivity contribution is 5.83. The molecular weight excluding hydrogens is 252 g/mol. The molecule has 1 aromatic rings. The SMILES string of the molecule is O=C(O)C1(CCCC2CCCO2)CCc2ccccc21. The predicted octanol–water partition coefficient (Wildman–Crippen LogP) is 3.30. The summed E-state index contributed by atoms with van der Waals surface area (Å²) in [6, 6.07) is 8.04. The molecule has 1 fully saturated rings. The minimum absolute atomic E-state index is 0.359. The molecular formula is C17H22O3. The number of fused-ring (bicyclic) bond motifs is 1. The zero-order valence-electron chi connectivity index (χ0n) is 11.8. The second-order valence-corrected chi connectivity index (χ2v) is 6.07. The molecule has 20 heavy (non-hydrogen) atoms. The largest absolute Gasteiger partial charge is 0.481 e. The summed E-state index contributed by atoms with van der Waals surface area (Å²) in [4.78, 5) is 11.9. The van der Waals surface area contributed by atoms with Crippen LogP contribution in [0.15, 0.2) is 24.3 Å². The van der Waals surface area contributed by atoms with E-state index in [1.54, 1.807) is 0 Å². The van der Waals surface area contributed by atoms with Gasteiger partial charge in [0, 0.05) is 6.61 Å². The first-order valence-electron chi connectivity index (χ1n) is 7.66. The smallest absolute Gasteiger partial charge is 0.314 e. The Morgan fingerprint density at radius 3 is 3.00 bits per heavy atom. The van der Waals surface area contributed by atoms with E-state index < -0.39 is 11.4 Å². The average Bonchev–Trinajstić information content (AvgIpc) is 3.08. The number of aliphatic carboxylic acids is 1. The molecule has 2 atom stereocenters. The summed E-state index contributed by atoms with van der Waals surface area (Å²) in [6.07, 6.45) is 6.95. The number of carboxylic acid groups (broad SMARTS) is 1. The number of carboxylic acids is 1. The van der Waals surface area contributed by atoms with Crippen LogP contribution in [0.25, 0.3) is 0 Å². The molecule has 3 heteroatoms. The Labute approximate surface area is 120 Å². The first kappa shape index (κ1) is 13.6. The van der Waals surface area contributed by atoms with Crippen molar-refractivity contribution in [2.24, 2.45) is 0 Å². The lowest BCUT2D eigenvalue weighted by Gasteiger charge is -2.26. The van der Waals surface area contributed by atoms with Crippen molar-refractivity contribution in [2.45, 2.75) is 56.5 Å². The van der Waals surface area contributed by atoms with Crippen molar-refractivity contribution in [1.29, 1.82) is 0 Å². The van der Waals surface area contributed by atoms with Crippen LogP contribution in [0.1, 0.15) is 49.7 Å². The number of hydrogen-bond acceptors (Lipinski definition) is 2. The number of hydrogen-bond donors (Lipinski definition) is 1. The van der Waals surface area contributed by atoms with E-state index in [0.717, 1.165) is 57.1 Å². The molecule has 108 valence electrons. The molecule has 1 N–H and O–H groups in total. The highest BCUT2D eigenvalue weighted by Crippen LogP contribution is 2.43. The predicted molar refractivity (Wildman–Crippen MR) is 76.9 cm³/mol. The van der Waals surface area contributed by atoms with E-state index in [1.165, 1.54) is 5.56 Å². The van der Waals surface area contributed by atoms with Crippen molar-refractivity contribution in [3.63, 3.8) is 0 Å². The van der Waals surface area contributed by atoms with Gasteiger partial charge in [-0.1, -0.05) is 24.3 Å². The molecule has 1 aromatic carbocycles. The van der Waals surface area contributed by atoms with Crippen LogP contribution < -0.4 is 0 Å². The fraction of sp³-hybridized carbons (Fsp3) is 0.588. The number of aryl methyl sites for hydroxylation is 1. The third-order valence-corrected chi connectivity index (χ3v) is 4.92. The molecule has 0 spiro atoms. The normalized spacial score (nSPS) is 28.5. The highest BCUT2D eigenvalue weighted by atomic mass is 16.5. The van der Waals surface area contributed by atoms with Gasteiger partial charge in [0.1, 0.15) is 0 Å². The summed E-state index contributed by atoms with van der Waals surface area (Å²) in [6.45, 7) is 0.873. The Morgan fingerprint density at radius 1 is 1.40 bits per heavy atom. The minimum Gasteiger partial charge on any atom is -0.481 e. The molecule has 0 bridgehead atoms. The monoisotopic (exact) mass is 274 g/mol. The standard InChI is InChI=1S/C17H22O3/c18-16(19)17(10-3-6-14-7-4-12-20-14)11-9-13-5-1-2-8-15(13)17/h1-2,5,8,14H,3-4,6-7,9-12H2,(H,18,19). The van der Waals surface area contributed by atoms with Gasteiger partial charge in [-0.3, -0.25) is 4.79 Å². The van der Waals surface area contributed by atoms with Crippen LogP contribution in [-0.4, -0.2) is 23.8 Å². The Bertz CT molecular complexity index is 491. The third kappa shape index (κ3) is 2.35. The zero-order chi connectivity index (χ0) is 14.0. The summed E-state index contributed by atoms with van der Waals surface area (Å²) < 4.78 is 5.63. The number of benzene rings is 1. The van der Waals surface area contributed by atoms with Gasteiger partial charge in [-0.15, -0.1) is 0 Å². The fourth-order valence-electron chi connectivity index (χ4n) is 3.78. The first-order chi connectivity index (χ1) is 9.72. The van der Waals surface area contributed by atoms with Crippen LogP contribution in [0.2, 0.25) is 0 Å². The molecule has 2 aliphatic rings. The maximum Gasteiger partial charge on any atom is 0.314 e. The van der Waals surface area contributed by atoms with Gasteiger partial charge in [0.2, 0.25) is 0 Å². The van der Waals surface area contributed by atoms with Gasteiger partial charge in [-0.25, -0.2) is 0 Å². The van der Waals surface area contributed by atoms with Crippen LogP contribution in [0.3, 0.4) is 0 Å². The Balaban J connectivity index is 1.71. The van der Waals surface area contributed by atoms with Crippen LogP contribution >= 0.6 is 0 Å². The molecule has 3 nitrogen and oxygen atoms in total. The summed E-state index contributed by atoms with van der Waals surface area (Å²) >= 11 is 0. The van der Waals surface area contributed by atoms with E-state index in [4.69, 9.17) is 4.74 Å². The van der Waals surface area contributed by atoms with Gasteiger partial charge < -0.3 is 9.84 Å². The lowest BCUT2D eigenvalue weighted by atomic mass is 9.77. The van der Waals surface area contributed by atoms with Crippen LogP contribution in [0.5, 0.6) is 0 Å². The lowest BCUT2D eigenvalue weighted by Crippen LogP contribution is -2.33. The summed E-state index contributed by atoms with van der Waals surface area (Å²) in [5.41, 5.74) is 1.60. The van der Waals surface area contributed by atoms with E-state index in [9.17, 15) is 9.90 Å².